The van der Waals surface area contributed by atoms with Crippen molar-refractivity contribution in [2.45, 2.75) is 19.4 Å². The third-order valence-corrected chi connectivity index (χ3v) is 4.34. The molecular weight excluding hydrogens is 320 g/mol. The first kappa shape index (κ1) is 17.0. The number of hydrogen-bond acceptors (Lipinski definition) is 4. The smallest absolute Gasteiger partial charge is 0.326 e. The van der Waals surface area contributed by atoms with E-state index in [1.54, 1.807) is 38.4 Å². The van der Waals surface area contributed by atoms with Crippen LogP contribution in [0.25, 0.3) is 0 Å². The molecule has 0 unspecified atom stereocenters. The Bertz CT molecular complexity index is 766. The van der Waals surface area contributed by atoms with Crippen molar-refractivity contribution in [3.8, 4) is 17.2 Å². The summed E-state index contributed by atoms with van der Waals surface area (Å²) in [7, 11) is 4.63. The van der Waals surface area contributed by atoms with Gasteiger partial charge in [0.15, 0.2) is 11.5 Å². The molecule has 1 N–H and O–H groups in total. The largest absolute Gasteiger partial charge is 0.493 e. The minimum Gasteiger partial charge on any atom is -0.493 e. The molecule has 0 fully saturated rings. The standard InChI is InChI=1S/C19H22N2O4/c1-12-9-13-7-5-6-8-15(13)21(12)19(22)20-14-10-16(23-2)18(25-4)17(11-14)24-3/h5-8,10-12H,9H2,1-4H3,(H,20,22)/t12-/m0/s1. The van der Waals surface area contributed by atoms with E-state index in [2.05, 4.69) is 11.4 Å². The normalized spacial score (nSPS) is 15.5. The van der Waals surface area contributed by atoms with Gasteiger partial charge in [-0.1, -0.05) is 18.2 Å². The molecule has 1 aliphatic heterocycles. The van der Waals surface area contributed by atoms with E-state index >= 15 is 0 Å². The maximum absolute atomic E-state index is 12.8. The molecule has 0 aromatic heterocycles. The molecule has 0 radical (unpaired) electrons. The van der Waals surface area contributed by atoms with Crippen molar-refractivity contribution >= 4 is 17.4 Å². The summed E-state index contributed by atoms with van der Waals surface area (Å²) in [5, 5.41) is 2.93. The van der Waals surface area contributed by atoms with Gasteiger partial charge in [-0.15, -0.1) is 0 Å². The summed E-state index contributed by atoms with van der Waals surface area (Å²) in [5.74, 6) is 1.47. The number of nitrogens with zero attached hydrogens (tertiary/aromatic N) is 1. The lowest BCUT2D eigenvalue weighted by atomic mass is 10.1. The third kappa shape index (κ3) is 3.07. The van der Waals surface area contributed by atoms with Gasteiger partial charge in [-0.3, -0.25) is 4.90 Å². The lowest BCUT2D eigenvalue weighted by molar-refractivity contribution is 0.255. The number of amides is 2. The number of nitrogens with one attached hydrogen (secondary N) is 1. The highest BCUT2D eigenvalue weighted by molar-refractivity contribution is 6.04. The van der Waals surface area contributed by atoms with Crippen LogP contribution in [0.4, 0.5) is 16.2 Å². The van der Waals surface area contributed by atoms with Crippen LogP contribution in [0.5, 0.6) is 17.2 Å². The first-order valence-corrected chi connectivity index (χ1v) is 8.07. The minimum absolute atomic E-state index is 0.0967. The van der Waals surface area contributed by atoms with Gasteiger partial charge < -0.3 is 19.5 Å². The van der Waals surface area contributed by atoms with E-state index in [1.807, 2.05) is 25.1 Å². The predicted octanol–water partition coefficient (Wildman–Crippen LogP) is 3.70. The van der Waals surface area contributed by atoms with E-state index in [0.717, 1.165) is 12.1 Å². The number of ether oxygens (including phenoxy) is 3. The third-order valence-electron chi connectivity index (χ3n) is 4.34. The van der Waals surface area contributed by atoms with Crippen LogP contribution in [0.2, 0.25) is 0 Å². The summed E-state index contributed by atoms with van der Waals surface area (Å²) < 4.78 is 16.0. The Morgan fingerprint density at radius 1 is 1.08 bits per heavy atom. The molecule has 0 aliphatic carbocycles. The first-order valence-electron chi connectivity index (χ1n) is 8.07. The number of carbonyl (C=O) groups excluding carboxylic acids is 1. The maximum Gasteiger partial charge on any atom is 0.326 e. The lowest BCUT2D eigenvalue weighted by Crippen LogP contribution is -2.39. The molecule has 2 aromatic rings. The van der Waals surface area contributed by atoms with Crippen molar-refractivity contribution in [2.24, 2.45) is 0 Å². The summed E-state index contributed by atoms with van der Waals surface area (Å²) in [6.07, 6.45) is 0.846. The number of fused-ring (bicyclic) bond motifs is 1. The van der Waals surface area contributed by atoms with Crippen molar-refractivity contribution in [2.75, 3.05) is 31.5 Å². The Hall–Kier alpha value is -2.89. The van der Waals surface area contributed by atoms with Crippen molar-refractivity contribution in [1.82, 2.24) is 0 Å². The van der Waals surface area contributed by atoms with E-state index < -0.39 is 0 Å². The van der Waals surface area contributed by atoms with Crippen LogP contribution in [0, 0.1) is 0 Å². The van der Waals surface area contributed by atoms with E-state index in [4.69, 9.17) is 14.2 Å². The van der Waals surface area contributed by atoms with Gasteiger partial charge in [-0.2, -0.15) is 0 Å². The Labute approximate surface area is 147 Å². The number of hydrogen-bond donors (Lipinski definition) is 1. The monoisotopic (exact) mass is 342 g/mol. The average Bonchev–Trinajstić information content (AvgIpc) is 2.96. The van der Waals surface area contributed by atoms with Crippen molar-refractivity contribution < 1.29 is 19.0 Å². The summed E-state index contributed by atoms with van der Waals surface area (Å²) in [6.45, 7) is 2.04. The second-order valence-corrected chi connectivity index (χ2v) is 5.90. The number of rotatable bonds is 4. The Morgan fingerprint density at radius 2 is 1.72 bits per heavy atom. The molecule has 0 spiro atoms. The van der Waals surface area contributed by atoms with E-state index in [-0.39, 0.29) is 12.1 Å². The van der Waals surface area contributed by atoms with Gasteiger partial charge in [0.25, 0.3) is 0 Å². The zero-order valence-corrected chi connectivity index (χ0v) is 14.8. The molecule has 1 aliphatic rings. The van der Waals surface area contributed by atoms with Crippen LogP contribution < -0.4 is 24.4 Å². The van der Waals surface area contributed by atoms with E-state index in [1.165, 1.54) is 5.56 Å². The van der Waals surface area contributed by atoms with Gasteiger partial charge in [-0.05, 0) is 25.0 Å². The van der Waals surface area contributed by atoms with Gasteiger partial charge in [-0.25, -0.2) is 4.79 Å². The summed E-state index contributed by atoms with van der Waals surface area (Å²) >= 11 is 0. The average molecular weight is 342 g/mol. The minimum atomic E-state index is -0.188. The molecular formula is C19H22N2O4. The van der Waals surface area contributed by atoms with Gasteiger partial charge >= 0.3 is 6.03 Å². The molecule has 2 amide bonds. The number of anilines is 2. The van der Waals surface area contributed by atoms with Crippen molar-refractivity contribution in [3.05, 3.63) is 42.0 Å². The van der Waals surface area contributed by atoms with Crippen molar-refractivity contribution in [1.29, 1.82) is 0 Å². The van der Waals surface area contributed by atoms with E-state index in [0.29, 0.717) is 22.9 Å². The van der Waals surface area contributed by atoms with Crippen LogP contribution in [0.1, 0.15) is 12.5 Å². The topological polar surface area (TPSA) is 60.0 Å². The van der Waals surface area contributed by atoms with Gasteiger partial charge in [0, 0.05) is 23.9 Å². The number of methoxy groups -OCH3 is 3. The highest BCUT2D eigenvalue weighted by Crippen LogP contribution is 2.40. The molecule has 2 aromatic carbocycles. The number of carbonyl (C=O) groups is 1. The SMILES string of the molecule is COc1cc(NC(=O)N2c3ccccc3C[C@@H]2C)cc(OC)c1OC. The Kier molecular flexibility index (Phi) is 4.70. The van der Waals surface area contributed by atoms with Crippen LogP contribution in [0.3, 0.4) is 0 Å². The number of para-hydroxylation sites is 1. The molecule has 25 heavy (non-hydrogen) atoms. The summed E-state index contributed by atoms with van der Waals surface area (Å²) in [4.78, 5) is 14.6. The molecule has 0 saturated heterocycles. The fraction of sp³-hybridized carbons (Fsp3) is 0.316. The highest BCUT2D eigenvalue weighted by atomic mass is 16.5. The van der Waals surface area contributed by atoms with Gasteiger partial charge in [0.1, 0.15) is 0 Å². The molecule has 132 valence electrons. The van der Waals surface area contributed by atoms with Crippen LogP contribution in [-0.2, 0) is 6.42 Å². The highest BCUT2D eigenvalue weighted by Gasteiger charge is 2.30. The number of benzene rings is 2. The van der Waals surface area contributed by atoms with Crippen LogP contribution >= 0.6 is 0 Å². The molecule has 3 rings (SSSR count). The molecule has 6 nitrogen and oxygen atoms in total. The molecule has 0 bridgehead atoms. The van der Waals surface area contributed by atoms with Crippen LogP contribution in [-0.4, -0.2) is 33.4 Å². The molecule has 1 atom stereocenters. The van der Waals surface area contributed by atoms with Gasteiger partial charge in [0.2, 0.25) is 5.75 Å². The van der Waals surface area contributed by atoms with Gasteiger partial charge in [0.05, 0.1) is 27.0 Å². The number of urea groups is 1. The van der Waals surface area contributed by atoms with Crippen molar-refractivity contribution in [3.63, 3.8) is 0 Å². The second kappa shape index (κ2) is 6.93. The molecule has 6 heteroatoms. The molecule has 0 saturated carbocycles. The lowest BCUT2D eigenvalue weighted by Gasteiger charge is -2.23. The fourth-order valence-corrected chi connectivity index (χ4v) is 3.21. The first-order chi connectivity index (χ1) is 12.1. The maximum atomic E-state index is 12.8. The molecule has 1 heterocycles. The fourth-order valence-electron chi connectivity index (χ4n) is 3.21. The zero-order chi connectivity index (χ0) is 18.0. The summed E-state index contributed by atoms with van der Waals surface area (Å²) in [5.41, 5.74) is 2.70. The zero-order valence-electron chi connectivity index (χ0n) is 14.8. The van der Waals surface area contributed by atoms with E-state index in [9.17, 15) is 4.79 Å². The van der Waals surface area contributed by atoms with Crippen LogP contribution in [0.15, 0.2) is 36.4 Å². The summed E-state index contributed by atoms with van der Waals surface area (Å²) in [6, 6.07) is 11.3. The second-order valence-electron chi connectivity index (χ2n) is 5.90. The predicted molar refractivity (Wildman–Crippen MR) is 97.2 cm³/mol. The quantitative estimate of drug-likeness (QED) is 0.920. The Balaban J connectivity index is 1.89. The Morgan fingerprint density at radius 3 is 2.32 bits per heavy atom.